The monoisotopic (exact) mass is 371 g/mol. The molecule has 0 aliphatic rings. The second-order valence-corrected chi connectivity index (χ2v) is 8.44. The molecule has 0 saturated carbocycles. The van der Waals surface area contributed by atoms with Crippen molar-refractivity contribution in [3.63, 3.8) is 0 Å². The summed E-state index contributed by atoms with van der Waals surface area (Å²) in [5, 5.41) is 9.81. The molecule has 0 aliphatic carbocycles. The van der Waals surface area contributed by atoms with Gasteiger partial charge in [0.25, 0.3) is 0 Å². The summed E-state index contributed by atoms with van der Waals surface area (Å²) in [5.74, 6) is -1.28. The highest BCUT2D eigenvalue weighted by atomic mass is 16.6. The summed E-state index contributed by atoms with van der Waals surface area (Å²) in [6.07, 6.45) is 3.13. The zero-order valence-corrected chi connectivity index (χ0v) is 17.0. The van der Waals surface area contributed by atoms with Gasteiger partial charge in [0.1, 0.15) is 11.2 Å². The van der Waals surface area contributed by atoms with Crippen molar-refractivity contribution < 1.29 is 19.1 Å². The number of aryl methyl sites for hydroxylation is 1. The number of ether oxygens (including phenoxy) is 2. The molecule has 5 heteroatoms. The molecule has 5 nitrogen and oxygen atoms in total. The highest BCUT2D eigenvalue weighted by Crippen LogP contribution is 2.30. The largest absolute Gasteiger partial charge is 0.459 e. The molecule has 1 aromatic rings. The van der Waals surface area contributed by atoms with Gasteiger partial charge in [-0.1, -0.05) is 30.3 Å². The minimum atomic E-state index is -1.57. The Morgan fingerprint density at radius 1 is 1.00 bits per heavy atom. The van der Waals surface area contributed by atoms with Gasteiger partial charge in [0, 0.05) is 6.08 Å². The first-order chi connectivity index (χ1) is 12.4. The molecule has 146 valence electrons. The minimum absolute atomic E-state index is 0.196. The number of hydrogen-bond donors (Lipinski definition) is 0. The van der Waals surface area contributed by atoms with E-state index in [2.05, 4.69) is 6.07 Å². The predicted octanol–water partition coefficient (Wildman–Crippen LogP) is 4.37. The fourth-order valence-electron chi connectivity index (χ4n) is 2.29. The van der Waals surface area contributed by atoms with Crippen LogP contribution in [0.2, 0.25) is 0 Å². The molecule has 0 saturated heterocycles. The quantitative estimate of drug-likeness (QED) is 0.548. The Morgan fingerprint density at radius 3 is 2.04 bits per heavy atom. The first kappa shape index (κ1) is 22.4. The third-order valence-electron chi connectivity index (χ3n) is 3.52. The van der Waals surface area contributed by atoms with Gasteiger partial charge in [0.15, 0.2) is 5.41 Å². The van der Waals surface area contributed by atoms with Gasteiger partial charge in [-0.15, -0.1) is 0 Å². The van der Waals surface area contributed by atoms with Crippen molar-refractivity contribution in [1.29, 1.82) is 5.26 Å². The molecule has 1 aromatic carbocycles. The zero-order chi connectivity index (χ0) is 20.7. The Bertz CT molecular complexity index is 717. The molecule has 0 radical (unpaired) electrons. The van der Waals surface area contributed by atoms with Gasteiger partial charge in [0.2, 0.25) is 0 Å². The number of nitriles is 1. The molecule has 1 atom stereocenters. The molecule has 0 heterocycles. The second kappa shape index (κ2) is 8.85. The first-order valence-corrected chi connectivity index (χ1v) is 8.98. The molecule has 0 aliphatic heterocycles. The van der Waals surface area contributed by atoms with Gasteiger partial charge in [-0.25, -0.2) is 9.59 Å². The molecule has 27 heavy (non-hydrogen) atoms. The molecule has 0 unspecified atom stereocenters. The van der Waals surface area contributed by atoms with Gasteiger partial charge in [-0.3, -0.25) is 0 Å². The summed E-state index contributed by atoms with van der Waals surface area (Å²) in [4.78, 5) is 24.8. The van der Waals surface area contributed by atoms with Gasteiger partial charge in [-0.05, 0) is 66.0 Å². The number of nitrogens with zero attached hydrogens (tertiary/aromatic N) is 1. The van der Waals surface area contributed by atoms with E-state index in [1.54, 1.807) is 41.5 Å². The molecular weight excluding hydrogens is 342 g/mol. The number of esters is 2. The van der Waals surface area contributed by atoms with Crippen LogP contribution < -0.4 is 0 Å². The fraction of sp³-hybridized carbons (Fsp3) is 0.500. The normalized spacial score (nSPS) is 14.3. The average molecular weight is 371 g/mol. The van der Waals surface area contributed by atoms with Crippen LogP contribution in [-0.4, -0.2) is 23.1 Å². The summed E-state index contributed by atoms with van der Waals surface area (Å²) in [6.45, 7) is 10.5. The van der Waals surface area contributed by atoms with Gasteiger partial charge < -0.3 is 9.47 Å². The van der Waals surface area contributed by atoms with Crippen molar-refractivity contribution in [2.24, 2.45) is 5.41 Å². The third kappa shape index (κ3) is 8.08. The van der Waals surface area contributed by atoms with E-state index in [1.165, 1.54) is 6.08 Å². The van der Waals surface area contributed by atoms with Crippen LogP contribution in [-0.2, 0) is 25.5 Å². The Hall–Kier alpha value is -2.61. The van der Waals surface area contributed by atoms with E-state index in [-0.39, 0.29) is 6.42 Å². The Balaban J connectivity index is 3.10. The van der Waals surface area contributed by atoms with Crippen LogP contribution in [0, 0.1) is 16.7 Å². The molecule has 0 N–H and O–H groups in total. The molecule has 0 bridgehead atoms. The fourth-order valence-corrected chi connectivity index (χ4v) is 2.29. The highest BCUT2D eigenvalue weighted by Gasteiger charge is 2.40. The lowest BCUT2D eigenvalue weighted by Gasteiger charge is -2.27. The molecule has 0 amide bonds. The Morgan fingerprint density at radius 2 is 1.56 bits per heavy atom. The SMILES string of the molecule is CC(C)(C)OC(=O)/C=C/[C@](C#N)(CCc1ccccc1)C(=O)OC(C)(C)C. The minimum Gasteiger partial charge on any atom is -0.459 e. The lowest BCUT2D eigenvalue weighted by Crippen LogP contribution is -2.36. The number of carbonyl (C=O) groups excluding carboxylic acids is 2. The maximum absolute atomic E-state index is 12.8. The topological polar surface area (TPSA) is 76.4 Å². The van der Waals surface area contributed by atoms with E-state index >= 15 is 0 Å². The third-order valence-corrected chi connectivity index (χ3v) is 3.52. The van der Waals surface area contributed by atoms with Crippen LogP contribution in [0.25, 0.3) is 0 Å². The summed E-state index contributed by atoms with van der Waals surface area (Å²) < 4.78 is 10.7. The summed E-state index contributed by atoms with van der Waals surface area (Å²) in [6, 6.07) is 11.6. The maximum atomic E-state index is 12.8. The van der Waals surface area contributed by atoms with Crippen molar-refractivity contribution in [2.75, 3.05) is 0 Å². The number of hydrogen-bond acceptors (Lipinski definition) is 5. The number of rotatable bonds is 6. The summed E-state index contributed by atoms with van der Waals surface area (Å²) >= 11 is 0. The van der Waals surface area contributed by atoms with Crippen molar-refractivity contribution in [3.05, 3.63) is 48.0 Å². The molecule has 0 fully saturated rings. The van der Waals surface area contributed by atoms with Crippen LogP contribution >= 0.6 is 0 Å². The zero-order valence-electron chi connectivity index (χ0n) is 17.0. The van der Waals surface area contributed by atoms with E-state index in [9.17, 15) is 14.9 Å². The number of carbonyl (C=O) groups is 2. The van der Waals surface area contributed by atoms with Crippen LogP contribution in [0.4, 0.5) is 0 Å². The lowest BCUT2D eigenvalue weighted by atomic mass is 9.82. The Labute approximate surface area is 162 Å². The average Bonchev–Trinajstić information content (AvgIpc) is 2.53. The molecule has 0 spiro atoms. The van der Waals surface area contributed by atoms with E-state index in [4.69, 9.17) is 9.47 Å². The van der Waals surface area contributed by atoms with E-state index in [0.717, 1.165) is 11.6 Å². The lowest BCUT2D eigenvalue weighted by molar-refractivity contribution is -0.161. The smallest absolute Gasteiger partial charge is 0.331 e. The molecule has 0 aromatic heterocycles. The predicted molar refractivity (Wildman–Crippen MR) is 104 cm³/mol. The van der Waals surface area contributed by atoms with Crippen LogP contribution in [0.5, 0.6) is 0 Å². The summed E-state index contributed by atoms with van der Waals surface area (Å²) in [5.41, 5.74) is -1.98. The van der Waals surface area contributed by atoms with E-state index in [1.807, 2.05) is 30.3 Å². The van der Waals surface area contributed by atoms with Crippen molar-refractivity contribution in [3.8, 4) is 6.07 Å². The van der Waals surface area contributed by atoms with Crippen LogP contribution in [0.3, 0.4) is 0 Å². The van der Waals surface area contributed by atoms with Gasteiger partial charge >= 0.3 is 11.9 Å². The van der Waals surface area contributed by atoms with Crippen molar-refractivity contribution in [2.45, 2.75) is 65.6 Å². The van der Waals surface area contributed by atoms with E-state index < -0.39 is 28.6 Å². The van der Waals surface area contributed by atoms with Crippen molar-refractivity contribution in [1.82, 2.24) is 0 Å². The van der Waals surface area contributed by atoms with Crippen LogP contribution in [0.1, 0.15) is 53.5 Å². The highest BCUT2D eigenvalue weighted by molar-refractivity contribution is 5.87. The maximum Gasteiger partial charge on any atom is 0.331 e. The van der Waals surface area contributed by atoms with Gasteiger partial charge in [-0.2, -0.15) is 5.26 Å². The standard InChI is InChI=1S/C22H29NO4/c1-20(2,3)26-18(24)13-15-22(16-23,19(25)27-21(4,5)6)14-12-17-10-8-7-9-11-17/h7-11,13,15H,12,14H2,1-6H3/b15-13+/t22-/m0/s1. The van der Waals surface area contributed by atoms with Crippen molar-refractivity contribution >= 4 is 11.9 Å². The van der Waals surface area contributed by atoms with Crippen LogP contribution in [0.15, 0.2) is 42.5 Å². The summed E-state index contributed by atoms with van der Waals surface area (Å²) in [7, 11) is 0. The molecule has 1 rings (SSSR count). The first-order valence-electron chi connectivity index (χ1n) is 8.98. The number of benzene rings is 1. The molecular formula is C22H29NO4. The van der Waals surface area contributed by atoms with E-state index in [0.29, 0.717) is 6.42 Å². The second-order valence-electron chi connectivity index (χ2n) is 8.44. The van der Waals surface area contributed by atoms with Gasteiger partial charge in [0.05, 0.1) is 6.07 Å². The Kier molecular flexibility index (Phi) is 7.36.